The van der Waals surface area contributed by atoms with E-state index in [1.54, 1.807) is 0 Å². The van der Waals surface area contributed by atoms with Crippen LogP contribution in [0.4, 0.5) is 0 Å². The van der Waals surface area contributed by atoms with E-state index in [1.807, 2.05) is 0 Å². The first-order chi connectivity index (χ1) is 64.3. The van der Waals surface area contributed by atoms with Gasteiger partial charge in [-0.2, -0.15) is 0 Å². The van der Waals surface area contributed by atoms with Crippen LogP contribution in [0.15, 0.2) is 413 Å². The summed E-state index contributed by atoms with van der Waals surface area (Å²) in [6, 6.07) is 152. The largest absolute Gasteiger partial charge is 0.309 e. The van der Waals surface area contributed by atoms with E-state index in [-0.39, 0.29) is 27.1 Å². The molecule has 0 aliphatic rings. The number of aromatic nitrogens is 6. The molecule has 0 aliphatic carbocycles. The molecule has 24 rings (SSSR count). The minimum Gasteiger partial charge on any atom is -0.309 e. The number of nitrogens with zero attached hydrogens (tertiary/aromatic N) is 6. The van der Waals surface area contributed by atoms with Gasteiger partial charge in [0.05, 0.1) is 66.2 Å². The van der Waals surface area contributed by atoms with Crippen LogP contribution in [0.3, 0.4) is 0 Å². The summed E-state index contributed by atoms with van der Waals surface area (Å²) in [7, 11) is 0. The summed E-state index contributed by atoms with van der Waals surface area (Å²) < 4.78 is 14.5. The Hall–Kier alpha value is -15.2. The van der Waals surface area contributed by atoms with Crippen LogP contribution in [-0.4, -0.2) is 27.4 Å². The van der Waals surface area contributed by atoms with Crippen molar-refractivity contribution in [3.05, 3.63) is 468 Å². The zero-order valence-electron chi connectivity index (χ0n) is 78.4. The molecule has 0 radical (unpaired) electrons. The molecule has 0 unspecified atom stereocenters. The summed E-state index contributed by atoms with van der Waals surface area (Å²) in [4.78, 5) is 0. The molecule has 0 spiro atoms. The van der Waals surface area contributed by atoms with E-state index in [0.717, 1.165) is 0 Å². The maximum atomic E-state index is 2.47. The first kappa shape index (κ1) is 83.4. The lowest BCUT2D eigenvalue weighted by molar-refractivity contribution is 0.590. The van der Waals surface area contributed by atoms with Crippen molar-refractivity contribution in [2.24, 2.45) is 0 Å². The van der Waals surface area contributed by atoms with Crippen molar-refractivity contribution in [1.29, 1.82) is 0 Å². The third-order valence-corrected chi connectivity index (χ3v) is 28.9. The quantitative estimate of drug-likeness (QED) is 0.117. The lowest BCUT2D eigenvalue weighted by atomic mass is 9.78. The van der Waals surface area contributed by atoms with Gasteiger partial charge in [-0.15, -0.1) is 0 Å². The number of benzene rings is 18. The van der Waals surface area contributed by atoms with Crippen molar-refractivity contribution >= 4 is 131 Å². The van der Waals surface area contributed by atoms with Gasteiger partial charge in [0.1, 0.15) is 0 Å². The van der Waals surface area contributed by atoms with Gasteiger partial charge in [0, 0.05) is 115 Å². The highest BCUT2D eigenvalue weighted by Crippen LogP contribution is 2.46. The average Bonchev–Trinajstić information content (AvgIpc) is 1.56. The second-order valence-electron chi connectivity index (χ2n) is 40.3. The molecule has 0 fully saturated rings. The van der Waals surface area contributed by atoms with E-state index < -0.39 is 0 Å². The Bertz CT molecular complexity index is 8460. The van der Waals surface area contributed by atoms with Crippen molar-refractivity contribution < 1.29 is 0 Å². The first-order valence-corrected chi connectivity index (χ1v) is 47.0. The summed E-state index contributed by atoms with van der Waals surface area (Å²) in [6.45, 7) is 32.0. The van der Waals surface area contributed by atoms with Crippen LogP contribution in [0, 0.1) is 13.8 Å². The van der Waals surface area contributed by atoms with Gasteiger partial charge in [-0.05, 0) is 239 Å². The van der Waals surface area contributed by atoms with Crippen LogP contribution >= 0.6 is 0 Å². The molecule has 0 saturated heterocycles. The SMILES string of the molecule is CC(C)(C)c1ccc2c(c1)c1cc(C(C)(C)C)ccc1n2-c1ccc2c(c1)c1ccccc1n2-c1ccc(C(C)(C)c2ccccc2)cc1.CC(C)(c1ccccc1)c1ccc(-n2c3ccccc3c3cc(-n4c5ccccc5c5ccccc54)ccc32)cc1.Cc1ccc2c(c1)c1cc(C)ccc1n2-c1ccc2c(c1)c1ccccc1n2-c1ccc(C(C)(C)c2ccccc2)cc1. The summed E-state index contributed by atoms with van der Waals surface area (Å²) in [5.74, 6) is 0. The van der Waals surface area contributed by atoms with E-state index in [1.165, 1.54) is 221 Å². The van der Waals surface area contributed by atoms with Gasteiger partial charge >= 0.3 is 0 Å². The lowest BCUT2D eigenvalue weighted by Crippen LogP contribution is -2.18. The Morgan fingerprint density at radius 2 is 0.308 bits per heavy atom. The minimum absolute atomic E-state index is 0.0699. The van der Waals surface area contributed by atoms with Crippen LogP contribution in [-0.2, 0) is 27.1 Å². The Morgan fingerprint density at radius 3 is 0.564 bits per heavy atom. The molecule has 0 amide bonds. The predicted octanol–water partition coefficient (Wildman–Crippen LogP) is 33.8. The van der Waals surface area contributed by atoms with Crippen LogP contribution in [0.1, 0.15) is 139 Å². The molecule has 133 heavy (non-hydrogen) atoms. The molecule has 0 aliphatic heterocycles. The average molecular weight is 1720 g/mol. The molecule has 0 atom stereocenters. The monoisotopic (exact) mass is 1720 g/mol. The van der Waals surface area contributed by atoms with Gasteiger partial charge in [-0.3, -0.25) is 0 Å². The number of rotatable bonds is 12. The fraction of sp³-hybridized carbons (Fsp3) is 0.150. The third kappa shape index (κ3) is 14.2. The summed E-state index contributed by atoms with van der Waals surface area (Å²) >= 11 is 0. The van der Waals surface area contributed by atoms with E-state index in [0.29, 0.717) is 0 Å². The van der Waals surface area contributed by atoms with E-state index in [4.69, 9.17) is 0 Å². The molecular weight excluding hydrogens is 1610 g/mol. The molecule has 6 heterocycles. The van der Waals surface area contributed by atoms with Crippen LogP contribution in [0.25, 0.3) is 165 Å². The first-order valence-electron chi connectivity index (χ1n) is 47.0. The topological polar surface area (TPSA) is 29.6 Å². The third-order valence-electron chi connectivity index (χ3n) is 28.9. The maximum Gasteiger partial charge on any atom is 0.0542 e. The lowest BCUT2D eigenvalue weighted by Gasteiger charge is -2.26. The van der Waals surface area contributed by atoms with Crippen molar-refractivity contribution in [2.45, 2.75) is 124 Å². The second-order valence-corrected chi connectivity index (χ2v) is 40.3. The molecule has 0 saturated carbocycles. The summed E-state index contributed by atoms with van der Waals surface area (Å²) in [5, 5.41) is 15.4. The highest BCUT2D eigenvalue weighted by atomic mass is 15.0. The maximum absolute atomic E-state index is 2.47. The number of aryl methyl sites for hydroxylation is 2. The number of fused-ring (bicyclic) bond motifs is 18. The fourth-order valence-electron chi connectivity index (χ4n) is 21.2. The van der Waals surface area contributed by atoms with Crippen molar-refractivity contribution in [3.8, 4) is 34.1 Å². The van der Waals surface area contributed by atoms with Crippen LogP contribution in [0.2, 0.25) is 0 Å². The molecule has 18 aromatic carbocycles. The minimum atomic E-state index is -0.0842. The van der Waals surface area contributed by atoms with Gasteiger partial charge in [0.2, 0.25) is 0 Å². The Kier molecular flexibility index (Phi) is 20.1. The highest BCUT2D eigenvalue weighted by molar-refractivity contribution is 6.16. The van der Waals surface area contributed by atoms with Gasteiger partial charge in [-0.1, -0.05) is 337 Å². The highest BCUT2D eigenvalue weighted by Gasteiger charge is 2.30. The van der Waals surface area contributed by atoms with Crippen LogP contribution < -0.4 is 0 Å². The number of hydrogen-bond acceptors (Lipinski definition) is 0. The Labute approximate surface area is 779 Å². The van der Waals surface area contributed by atoms with E-state index >= 15 is 0 Å². The predicted molar refractivity (Wildman–Crippen MR) is 568 cm³/mol. The Morgan fingerprint density at radius 1 is 0.135 bits per heavy atom. The molecule has 0 N–H and O–H groups in total. The second kappa shape index (κ2) is 32.1. The summed E-state index contributed by atoms with van der Waals surface area (Å²) in [6.07, 6.45) is 0. The Balaban J connectivity index is 0.000000117. The zero-order chi connectivity index (χ0) is 91.1. The number of para-hydroxylation sites is 5. The fourth-order valence-corrected chi connectivity index (χ4v) is 21.2. The molecule has 6 heteroatoms. The smallest absolute Gasteiger partial charge is 0.0542 e. The van der Waals surface area contributed by atoms with E-state index in [9.17, 15) is 0 Å². The molecule has 0 bridgehead atoms. The molecule has 24 aromatic rings. The normalized spacial score (nSPS) is 12.4. The van der Waals surface area contributed by atoms with Crippen molar-refractivity contribution in [3.63, 3.8) is 0 Å². The molecular formula is C127H110N6. The van der Waals surface area contributed by atoms with Gasteiger partial charge in [-0.25, -0.2) is 0 Å². The van der Waals surface area contributed by atoms with Crippen molar-refractivity contribution in [2.75, 3.05) is 0 Å². The summed E-state index contributed by atoms with van der Waals surface area (Å²) in [5.41, 5.74) is 34.9. The van der Waals surface area contributed by atoms with Gasteiger partial charge in [0.15, 0.2) is 0 Å². The van der Waals surface area contributed by atoms with Crippen LogP contribution in [0.5, 0.6) is 0 Å². The van der Waals surface area contributed by atoms with E-state index in [2.05, 4.69) is 537 Å². The molecule has 6 nitrogen and oxygen atoms in total. The van der Waals surface area contributed by atoms with Gasteiger partial charge in [0.25, 0.3) is 0 Å². The van der Waals surface area contributed by atoms with Gasteiger partial charge < -0.3 is 27.4 Å². The standard InChI is InChI=1S/C47H46N2.C41H34N2.C39H30N2/c1-45(2,3)33-20-25-42-38(28-33)39-29-34(46(4,5)6)21-26-43(39)49(42)36-24-27-44-40(30-36)37-16-12-13-17-41(37)48(44)35-22-18-32(19-23-35)47(7,8)31-14-10-9-11-15-31;1-27-14-21-38-34(24-27)35-25-28(2)15-22-39(35)43(38)32-20-23-40-36(26-32)33-12-8-9-13-37(33)42(40)31-18-16-30(17-19-31)41(3,4)29-10-6-5-7-11-29;1-39(2,27-12-4-3-5-13-27)28-20-22-29(23-21-28)40-37-19-11-8-16-33(37)34-26-30(24-25-38(34)40)41-35-17-9-6-14-31(35)32-15-7-10-18-36(32)41/h9-30H,1-8H3;5-26H,1-4H3;3-26H,1-2H3. The molecule has 6 aromatic heterocycles. The molecule has 648 valence electrons. The number of hydrogen-bond donors (Lipinski definition) is 0. The zero-order valence-corrected chi connectivity index (χ0v) is 78.4. The van der Waals surface area contributed by atoms with Crippen molar-refractivity contribution in [1.82, 2.24) is 27.4 Å².